The van der Waals surface area contributed by atoms with E-state index in [-0.39, 0.29) is 13.2 Å². The minimum atomic E-state index is -0.640. The van der Waals surface area contributed by atoms with Gasteiger partial charge in [-0.3, -0.25) is 5.32 Å². The third kappa shape index (κ3) is 7.87. The zero-order valence-electron chi connectivity index (χ0n) is 6.78. The lowest BCUT2D eigenvalue weighted by Gasteiger charge is -1.96. The molecular weight excluding hydrogens is 176 g/mol. The average Bonchev–Trinajstić information content (AvgIpc) is 2.11. The van der Waals surface area contributed by atoms with Crippen LogP contribution in [-0.2, 0) is 9.57 Å². The molecule has 1 amide bonds. The molecular formula is C7H8N2O4. The molecule has 0 unspecified atom stereocenters. The molecule has 0 bridgehead atoms. The normalized spacial score (nSPS) is 7.38. The summed E-state index contributed by atoms with van der Waals surface area (Å²) in [5.41, 5.74) is 0. The van der Waals surface area contributed by atoms with Gasteiger partial charge in [-0.15, -0.1) is 4.91 Å². The quantitative estimate of drug-likeness (QED) is 0.299. The summed E-state index contributed by atoms with van der Waals surface area (Å²) >= 11 is 0. The van der Waals surface area contributed by atoms with Crippen molar-refractivity contribution in [2.75, 3.05) is 13.2 Å². The van der Waals surface area contributed by atoms with Gasteiger partial charge in [0.25, 0.3) is 0 Å². The molecule has 0 aliphatic heterocycles. The van der Waals surface area contributed by atoms with Gasteiger partial charge < -0.3 is 9.57 Å². The number of nitrogens with one attached hydrogen (secondary N) is 1. The van der Waals surface area contributed by atoms with E-state index in [2.05, 4.69) is 38.7 Å². The Morgan fingerprint density at radius 3 is 2.85 bits per heavy atom. The van der Waals surface area contributed by atoms with Gasteiger partial charge in [-0.2, -0.15) is 0 Å². The van der Waals surface area contributed by atoms with E-state index in [0.29, 0.717) is 0 Å². The number of carbonyl (C=O) groups excluding carboxylic acids is 1. The molecule has 13 heavy (non-hydrogen) atoms. The summed E-state index contributed by atoms with van der Waals surface area (Å²) in [6, 6.07) is 0. The van der Waals surface area contributed by atoms with Gasteiger partial charge in [0.05, 0.1) is 0 Å². The first-order valence-electron chi connectivity index (χ1n) is 3.25. The maximum absolute atomic E-state index is 10.6. The molecule has 0 aromatic rings. The summed E-state index contributed by atoms with van der Waals surface area (Å²) in [6.45, 7) is 3.06. The molecule has 0 spiro atoms. The highest BCUT2D eigenvalue weighted by Gasteiger charge is 1.93. The van der Waals surface area contributed by atoms with E-state index >= 15 is 0 Å². The minimum Gasteiger partial charge on any atom is -0.436 e. The summed E-state index contributed by atoms with van der Waals surface area (Å²) in [6.07, 6.45) is 0.550. The molecule has 0 fully saturated rings. The van der Waals surface area contributed by atoms with Crippen LogP contribution in [0.2, 0.25) is 0 Å². The van der Waals surface area contributed by atoms with Crippen LogP contribution in [0.4, 0.5) is 4.79 Å². The monoisotopic (exact) mass is 184 g/mol. The largest absolute Gasteiger partial charge is 0.436 e. The van der Waals surface area contributed by atoms with Crippen molar-refractivity contribution in [2.24, 2.45) is 5.34 Å². The van der Waals surface area contributed by atoms with Gasteiger partial charge in [-0.05, 0) is 6.20 Å². The van der Waals surface area contributed by atoms with Crippen molar-refractivity contribution in [1.29, 1.82) is 0 Å². The third-order valence-electron chi connectivity index (χ3n) is 0.810. The Kier molecular flexibility index (Phi) is 6.81. The molecule has 6 nitrogen and oxygen atoms in total. The summed E-state index contributed by atoms with van der Waals surface area (Å²) < 4.78 is 4.50. The molecule has 1 N–H and O–H groups in total. The number of alkyl carbamates (subject to hydrolysis) is 1. The standard InChI is InChI=1S/C7H8N2O4/c1-2-8-7(10)12-5-3-4-6-13-9-11/h2H,1,5-6H2,(H,8,10). The zero-order valence-corrected chi connectivity index (χ0v) is 6.78. The van der Waals surface area contributed by atoms with E-state index in [1.807, 2.05) is 0 Å². The molecule has 0 saturated heterocycles. The molecule has 0 rings (SSSR count). The van der Waals surface area contributed by atoms with Crippen LogP contribution < -0.4 is 5.32 Å². The van der Waals surface area contributed by atoms with Crippen LogP contribution in [0.3, 0.4) is 0 Å². The van der Waals surface area contributed by atoms with E-state index in [9.17, 15) is 9.70 Å². The van der Waals surface area contributed by atoms with Crippen molar-refractivity contribution in [3.05, 3.63) is 17.7 Å². The molecule has 0 aliphatic rings. The van der Waals surface area contributed by atoms with E-state index in [1.54, 1.807) is 0 Å². The first-order chi connectivity index (χ1) is 6.31. The number of hydrogen-bond donors (Lipinski definition) is 1. The molecule has 0 aromatic carbocycles. The van der Waals surface area contributed by atoms with Gasteiger partial charge in [-0.25, -0.2) is 4.79 Å². The van der Waals surface area contributed by atoms with E-state index in [4.69, 9.17) is 0 Å². The van der Waals surface area contributed by atoms with Gasteiger partial charge in [-0.1, -0.05) is 18.4 Å². The molecule has 70 valence electrons. The summed E-state index contributed by atoms with van der Waals surface area (Å²) in [5, 5.41) is 4.29. The predicted molar refractivity (Wildman–Crippen MR) is 44.2 cm³/mol. The number of carbonyl (C=O) groups is 1. The Bertz CT molecular complexity index is 241. The molecule has 6 heteroatoms. The lowest BCUT2D eigenvalue weighted by molar-refractivity contribution is 0.163. The van der Waals surface area contributed by atoms with Gasteiger partial charge >= 0.3 is 6.09 Å². The molecule has 0 aliphatic carbocycles. The Hall–Kier alpha value is -2.03. The second kappa shape index (κ2) is 8.07. The maximum Gasteiger partial charge on any atom is 0.412 e. The Labute approximate surface area is 74.8 Å². The smallest absolute Gasteiger partial charge is 0.412 e. The number of rotatable bonds is 4. The molecule has 0 heterocycles. The van der Waals surface area contributed by atoms with Crippen molar-refractivity contribution < 1.29 is 14.4 Å². The number of amides is 1. The predicted octanol–water partition coefficient (Wildman–Crippen LogP) is 0.557. The zero-order chi connectivity index (χ0) is 9.94. The van der Waals surface area contributed by atoms with Crippen LogP contribution >= 0.6 is 0 Å². The lowest BCUT2D eigenvalue weighted by atomic mass is 10.6. The molecule has 0 radical (unpaired) electrons. The van der Waals surface area contributed by atoms with Gasteiger partial charge in [0.1, 0.15) is 0 Å². The number of nitrogens with zero attached hydrogens (tertiary/aromatic N) is 1. The molecule has 0 saturated carbocycles. The highest BCUT2D eigenvalue weighted by atomic mass is 16.7. The van der Waals surface area contributed by atoms with Crippen molar-refractivity contribution in [2.45, 2.75) is 0 Å². The van der Waals surface area contributed by atoms with E-state index in [1.165, 1.54) is 6.20 Å². The second-order valence-corrected chi connectivity index (χ2v) is 1.63. The molecule has 0 atom stereocenters. The highest BCUT2D eigenvalue weighted by molar-refractivity contribution is 5.68. The van der Waals surface area contributed by atoms with E-state index < -0.39 is 6.09 Å². The SMILES string of the molecule is C=CNC(=O)OCC#CCON=O. The Morgan fingerprint density at radius 1 is 1.54 bits per heavy atom. The van der Waals surface area contributed by atoms with Crippen molar-refractivity contribution in [1.82, 2.24) is 5.32 Å². The lowest BCUT2D eigenvalue weighted by Crippen LogP contribution is -2.17. The average molecular weight is 184 g/mol. The highest BCUT2D eigenvalue weighted by Crippen LogP contribution is 1.76. The van der Waals surface area contributed by atoms with Crippen LogP contribution in [0.5, 0.6) is 0 Å². The van der Waals surface area contributed by atoms with Crippen LogP contribution in [0, 0.1) is 16.7 Å². The van der Waals surface area contributed by atoms with Gasteiger partial charge in [0.2, 0.25) is 0 Å². The fraction of sp³-hybridized carbons (Fsp3) is 0.286. The molecule has 0 aromatic heterocycles. The second-order valence-electron chi connectivity index (χ2n) is 1.63. The van der Waals surface area contributed by atoms with Crippen LogP contribution in [0.25, 0.3) is 0 Å². The van der Waals surface area contributed by atoms with Crippen LogP contribution in [0.1, 0.15) is 0 Å². The first kappa shape index (κ1) is 11.0. The Morgan fingerprint density at radius 2 is 2.23 bits per heavy atom. The summed E-state index contributed by atoms with van der Waals surface area (Å²) in [7, 11) is 0. The summed E-state index contributed by atoms with van der Waals surface area (Å²) in [4.78, 5) is 24.0. The third-order valence-corrected chi connectivity index (χ3v) is 0.810. The number of hydrogen-bond acceptors (Lipinski definition) is 5. The van der Waals surface area contributed by atoms with E-state index in [0.717, 1.165) is 0 Å². The maximum atomic E-state index is 10.6. The van der Waals surface area contributed by atoms with Gasteiger partial charge in [0.15, 0.2) is 18.6 Å². The number of ether oxygens (including phenoxy) is 1. The van der Waals surface area contributed by atoms with Crippen molar-refractivity contribution in [3.8, 4) is 11.8 Å². The first-order valence-corrected chi connectivity index (χ1v) is 3.25. The van der Waals surface area contributed by atoms with Crippen LogP contribution in [0.15, 0.2) is 18.1 Å². The van der Waals surface area contributed by atoms with Crippen molar-refractivity contribution in [3.63, 3.8) is 0 Å². The van der Waals surface area contributed by atoms with Crippen molar-refractivity contribution >= 4 is 6.09 Å². The Balaban J connectivity index is 3.40. The topological polar surface area (TPSA) is 77.0 Å². The van der Waals surface area contributed by atoms with Gasteiger partial charge in [0, 0.05) is 0 Å². The fourth-order valence-corrected chi connectivity index (χ4v) is 0.387. The minimum absolute atomic E-state index is 0.0815. The fourth-order valence-electron chi connectivity index (χ4n) is 0.387. The van der Waals surface area contributed by atoms with Crippen LogP contribution in [-0.4, -0.2) is 19.3 Å². The summed E-state index contributed by atoms with van der Waals surface area (Å²) in [5.74, 6) is 4.81.